The van der Waals surface area contributed by atoms with Gasteiger partial charge < -0.3 is 14.6 Å². The molecule has 4 nitrogen and oxygen atoms in total. The van der Waals surface area contributed by atoms with Crippen LogP contribution < -0.4 is 4.74 Å². The fourth-order valence-electron chi connectivity index (χ4n) is 2.43. The highest BCUT2D eigenvalue weighted by Crippen LogP contribution is 2.31. The van der Waals surface area contributed by atoms with Crippen molar-refractivity contribution in [2.45, 2.75) is 39.1 Å². The second-order valence-electron chi connectivity index (χ2n) is 5.13. The van der Waals surface area contributed by atoms with Gasteiger partial charge in [-0.05, 0) is 48.9 Å². The van der Waals surface area contributed by atoms with Crippen molar-refractivity contribution in [3.63, 3.8) is 0 Å². The van der Waals surface area contributed by atoms with Crippen molar-refractivity contribution in [1.29, 1.82) is 0 Å². The first-order chi connectivity index (χ1) is 10.3. The van der Waals surface area contributed by atoms with E-state index in [4.69, 9.17) is 9.47 Å². The van der Waals surface area contributed by atoms with Gasteiger partial charge in [0.15, 0.2) is 6.29 Å². The molecule has 0 amide bonds. The Morgan fingerprint density at radius 1 is 1.38 bits per heavy atom. The summed E-state index contributed by atoms with van der Waals surface area (Å²) in [5.41, 5.74) is 2.64. The van der Waals surface area contributed by atoms with Gasteiger partial charge in [-0.3, -0.25) is 0 Å². The van der Waals surface area contributed by atoms with E-state index >= 15 is 0 Å². The largest absolute Gasteiger partial charge is 0.463 e. The SMILES string of the molecule is Cc1nc(-c2sccc2CO)ccc1OC1CCCCO1. The van der Waals surface area contributed by atoms with Crippen LogP contribution >= 0.6 is 11.3 Å². The lowest BCUT2D eigenvalue weighted by Gasteiger charge is -2.24. The highest BCUT2D eigenvalue weighted by Gasteiger charge is 2.17. The maximum atomic E-state index is 9.35. The molecule has 112 valence electrons. The molecular weight excluding hydrogens is 286 g/mol. The summed E-state index contributed by atoms with van der Waals surface area (Å²) in [7, 11) is 0. The number of nitrogens with zero attached hydrogens (tertiary/aromatic N) is 1. The van der Waals surface area contributed by atoms with Crippen LogP contribution in [-0.2, 0) is 11.3 Å². The first-order valence-electron chi connectivity index (χ1n) is 7.21. The molecule has 0 spiro atoms. The molecule has 1 unspecified atom stereocenters. The maximum Gasteiger partial charge on any atom is 0.199 e. The Bertz CT molecular complexity index is 605. The molecule has 2 aromatic heterocycles. The Morgan fingerprint density at radius 3 is 3.00 bits per heavy atom. The lowest BCUT2D eigenvalue weighted by molar-refractivity contribution is -0.106. The molecule has 0 aromatic carbocycles. The van der Waals surface area contributed by atoms with Crippen molar-refractivity contribution in [2.75, 3.05) is 6.61 Å². The van der Waals surface area contributed by atoms with Crippen molar-refractivity contribution >= 4 is 11.3 Å². The zero-order valence-corrected chi connectivity index (χ0v) is 12.9. The molecule has 21 heavy (non-hydrogen) atoms. The topological polar surface area (TPSA) is 51.6 Å². The molecule has 1 atom stereocenters. The van der Waals surface area contributed by atoms with Crippen LogP contribution in [0.1, 0.15) is 30.5 Å². The number of aryl methyl sites for hydroxylation is 1. The van der Waals surface area contributed by atoms with Crippen LogP contribution in [0.2, 0.25) is 0 Å². The molecule has 5 heteroatoms. The smallest absolute Gasteiger partial charge is 0.199 e. The van der Waals surface area contributed by atoms with Gasteiger partial charge in [0.25, 0.3) is 0 Å². The zero-order valence-electron chi connectivity index (χ0n) is 12.0. The van der Waals surface area contributed by atoms with E-state index in [1.165, 1.54) is 0 Å². The molecule has 1 fully saturated rings. The van der Waals surface area contributed by atoms with E-state index in [1.807, 2.05) is 30.5 Å². The third-order valence-electron chi connectivity index (χ3n) is 3.58. The molecule has 0 aliphatic carbocycles. The summed E-state index contributed by atoms with van der Waals surface area (Å²) < 4.78 is 11.5. The fourth-order valence-corrected chi connectivity index (χ4v) is 3.32. The number of hydrogen-bond acceptors (Lipinski definition) is 5. The molecule has 3 heterocycles. The van der Waals surface area contributed by atoms with Gasteiger partial charge in [-0.15, -0.1) is 11.3 Å². The third kappa shape index (κ3) is 3.26. The number of aliphatic hydroxyl groups is 1. The summed E-state index contributed by atoms with van der Waals surface area (Å²) >= 11 is 1.59. The predicted octanol–water partition coefficient (Wildman–Crippen LogP) is 3.52. The molecule has 1 saturated heterocycles. The van der Waals surface area contributed by atoms with Crippen molar-refractivity contribution in [3.8, 4) is 16.3 Å². The first kappa shape index (κ1) is 14.5. The predicted molar refractivity (Wildman–Crippen MR) is 82.4 cm³/mol. The van der Waals surface area contributed by atoms with Crippen LogP contribution in [0.15, 0.2) is 23.6 Å². The number of ether oxygens (including phenoxy) is 2. The van der Waals surface area contributed by atoms with Crippen molar-refractivity contribution in [1.82, 2.24) is 4.98 Å². The number of hydrogen-bond donors (Lipinski definition) is 1. The van der Waals surface area contributed by atoms with Gasteiger partial charge in [0.05, 0.1) is 29.5 Å². The lowest BCUT2D eigenvalue weighted by Crippen LogP contribution is -2.25. The normalized spacial score (nSPS) is 18.7. The Morgan fingerprint density at radius 2 is 2.29 bits per heavy atom. The average Bonchev–Trinajstić information content (AvgIpc) is 2.99. The van der Waals surface area contributed by atoms with Crippen LogP contribution in [0, 0.1) is 6.92 Å². The zero-order chi connectivity index (χ0) is 14.7. The molecule has 1 aliphatic rings. The van der Waals surface area contributed by atoms with Crippen molar-refractivity contribution in [2.24, 2.45) is 0 Å². The Hall–Kier alpha value is -1.43. The van der Waals surface area contributed by atoms with Crippen LogP contribution in [0.25, 0.3) is 10.6 Å². The van der Waals surface area contributed by atoms with Gasteiger partial charge in [0.1, 0.15) is 5.75 Å². The van der Waals surface area contributed by atoms with Crippen molar-refractivity contribution < 1.29 is 14.6 Å². The standard InChI is InChI=1S/C16H19NO3S/c1-11-14(20-15-4-2-3-8-19-15)6-5-13(17-11)16-12(10-18)7-9-21-16/h5-7,9,15,18H,2-4,8,10H2,1H3. The number of pyridine rings is 1. The second kappa shape index (κ2) is 6.56. The summed E-state index contributed by atoms with van der Waals surface area (Å²) in [6.07, 6.45) is 3.03. The minimum absolute atomic E-state index is 0.0354. The lowest BCUT2D eigenvalue weighted by atomic mass is 10.2. The van der Waals surface area contributed by atoms with E-state index < -0.39 is 0 Å². The molecule has 2 aromatic rings. The molecule has 0 saturated carbocycles. The van der Waals surface area contributed by atoms with E-state index in [9.17, 15) is 5.11 Å². The van der Waals surface area contributed by atoms with Crippen LogP contribution in [-0.4, -0.2) is 23.0 Å². The monoisotopic (exact) mass is 305 g/mol. The van der Waals surface area contributed by atoms with Crippen LogP contribution in [0.4, 0.5) is 0 Å². The Labute approximate surface area is 128 Å². The maximum absolute atomic E-state index is 9.35. The average molecular weight is 305 g/mol. The highest BCUT2D eigenvalue weighted by molar-refractivity contribution is 7.13. The summed E-state index contributed by atoms with van der Waals surface area (Å²) in [5.74, 6) is 0.771. The summed E-state index contributed by atoms with van der Waals surface area (Å²) in [5, 5.41) is 11.3. The van der Waals surface area contributed by atoms with Gasteiger partial charge in [-0.25, -0.2) is 4.98 Å². The van der Waals surface area contributed by atoms with Gasteiger partial charge in [-0.2, -0.15) is 0 Å². The minimum Gasteiger partial charge on any atom is -0.463 e. The quantitative estimate of drug-likeness (QED) is 0.939. The van der Waals surface area contributed by atoms with Gasteiger partial charge in [-0.1, -0.05) is 0 Å². The van der Waals surface area contributed by atoms with E-state index in [0.29, 0.717) is 0 Å². The third-order valence-corrected chi connectivity index (χ3v) is 4.56. The van der Waals surface area contributed by atoms with E-state index in [2.05, 4.69) is 4.98 Å². The Balaban J connectivity index is 1.79. The van der Waals surface area contributed by atoms with E-state index in [1.54, 1.807) is 11.3 Å². The second-order valence-corrected chi connectivity index (χ2v) is 6.04. The molecule has 3 rings (SSSR count). The highest BCUT2D eigenvalue weighted by atomic mass is 32.1. The number of aromatic nitrogens is 1. The minimum atomic E-state index is -0.153. The van der Waals surface area contributed by atoms with Crippen LogP contribution in [0.5, 0.6) is 5.75 Å². The molecule has 1 N–H and O–H groups in total. The van der Waals surface area contributed by atoms with Gasteiger partial charge in [0, 0.05) is 6.42 Å². The fraction of sp³-hybridized carbons (Fsp3) is 0.438. The number of thiophene rings is 1. The molecule has 0 radical (unpaired) electrons. The molecule has 1 aliphatic heterocycles. The first-order valence-corrected chi connectivity index (χ1v) is 8.09. The van der Waals surface area contributed by atoms with Crippen LogP contribution in [0.3, 0.4) is 0 Å². The van der Waals surface area contributed by atoms with Gasteiger partial charge in [0.2, 0.25) is 0 Å². The Kier molecular flexibility index (Phi) is 4.53. The number of aliphatic hydroxyl groups excluding tert-OH is 1. The summed E-state index contributed by atoms with van der Waals surface area (Å²) in [4.78, 5) is 5.62. The summed E-state index contributed by atoms with van der Waals surface area (Å²) in [6, 6.07) is 5.81. The van der Waals surface area contributed by atoms with E-state index in [-0.39, 0.29) is 12.9 Å². The van der Waals surface area contributed by atoms with Crippen molar-refractivity contribution in [3.05, 3.63) is 34.8 Å². The van der Waals surface area contributed by atoms with Gasteiger partial charge >= 0.3 is 0 Å². The van der Waals surface area contributed by atoms with E-state index in [0.717, 1.165) is 53.4 Å². The summed E-state index contributed by atoms with van der Waals surface area (Å²) in [6.45, 7) is 2.74. The molecule has 0 bridgehead atoms. The molecular formula is C16H19NO3S. The number of rotatable bonds is 4.